The molecule has 0 bridgehead atoms. The van der Waals surface area contributed by atoms with E-state index >= 15 is 0 Å². The Morgan fingerprint density at radius 3 is 2.69 bits per heavy atom. The molecule has 0 heterocycles. The SMILES string of the molecule is CCCC(=O)CCCc1cccc(F)c1F. The fraction of sp³-hybridized carbons (Fsp3) is 0.462. The van der Waals surface area contributed by atoms with Crippen LogP contribution in [0.5, 0.6) is 0 Å². The first-order chi connectivity index (χ1) is 7.65. The molecule has 0 aliphatic rings. The van der Waals surface area contributed by atoms with Crippen LogP contribution in [0.4, 0.5) is 8.78 Å². The standard InChI is InChI=1S/C13H16F2O/c1-2-5-11(16)8-3-6-10-7-4-9-12(14)13(10)15/h4,7,9H,2-3,5-6,8H2,1H3. The van der Waals surface area contributed by atoms with Crippen molar-refractivity contribution in [1.29, 1.82) is 0 Å². The van der Waals surface area contributed by atoms with Gasteiger partial charge in [0, 0.05) is 12.8 Å². The van der Waals surface area contributed by atoms with Gasteiger partial charge in [-0.25, -0.2) is 8.78 Å². The van der Waals surface area contributed by atoms with E-state index in [-0.39, 0.29) is 5.78 Å². The summed E-state index contributed by atoms with van der Waals surface area (Å²) in [7, 11) is 0. The third kappa shape index (κ3) is 3.72. The number of aryl methyl sites for hydroxylation is 1. The first kappa shape index (κ1) is 12.8. The van der Waals surface area contributed by atoms with Gasteiger partial charge in [-0.1, -0.05) is 19.1 Å². The Labute approximate surface area is 94.5 Å². The summed E-state index contributed by atoms with van der Waals surface area (Å²) in [5, 5.41) is 0. The minimum absolute atomic E-state index is 0.194. The van der Waals surface area contributed by atoms with Crippen LogP contribution in [0.2, 0.25) is 0 Å². The van der Waals surface area contributed by atoms with Crippen LogP contribution in [-0.2, 0) is 11.2 Å². The molecular weight excluding hydrogens is 210 g/mol. The largest absolute Gasteiger partial charge is 0.300 e. The molecule has 3 heteroatoms. The molecule has 0 aromatic heterocycles. The van der Waals surface area contributed by atoms with Crippen molar-refractivity contribution in [3.8, 4) is 0 Å². The predicted octanol–water partition coefficient (Wildman–Crippen LogP) is 3.66. The number of hydrogen-bond donors (Lipinski definition) is 0. The summed E-state index contributed by atoms with van der Waals surface area (Å²) < 4.78 is 26.1. The maximum atomic E-state index is 13.2. The van der Waals surface area contributed by atoms with Gasteiger partial charge in [0.25, 0.3) is 0 Å². The minimum atomic E-state index is -0.822. The van der Waals surface area contributed by atoms with Gasteiger partial charge in [0.1, 0.15) is 5.78 Å². The molecule has 0 saturated heterocycles. The van der Waals surface area contributed by atoms with Gasteiger partial charge >= 0.3 is 0 Å². The summed E-state index contributed by atoms with van der Waals surface area (Å²) in [6.07, 6.45) is 2.86. The Kier molecular flexibility index (Phi) is 5.09. The molecule has 0 spiro atoms. The number of rotatable bonds is 6. The molecule has 0 radical (unpaired) electrons. The monoisotopic (exact) mass is 226 g/mol. The molecular formula is C13H16F2O. The van der Waals surface area contributed by atoms with Gasteiger partial charge in [-0.3, -0.25) is 4.79 Å². The fourth-order valence-electron chi connectivity index (χ4n) is 1.62. The van der Waals surface area contributed by atoms with E-state index in [0.717, 1.165) is 12.5 Å². The number of carbonyl (C=O) groups excluding carboxylic acids is 1. The summed E-state index contributed by atoms with van der Waals surface area (Å²) in [4.78, 5) is 11.2. The lowest BCUT2D eigenvalue weighted by Gasteiger charge is -2.03. The Bertz CT molecular complexity index is 361. The summed E-state index contributed by atoms with van der Waals surface area (Å²) in [5.74, 6) is -1.41. The summed E-state index contributed by atoms with van der Waals surface area (Å²) in [5.41, 5.74) is 0.351. The second-order valence-electron chi connectivity index (χ2n) is 3.86. The van der Waals surface area contributed by atoms with Gasteiger partial charge in [-0.15, -0.1) is 0 Å². The first-order valence-electron chi connectivity index (χ1n) is 5.59. The summed E-state index contributed by atoms with van der Waals surface area (Å²) in [6.45, 7) is 1.95. The zero-order valence-corrected chi connectivity index (χ0v) is 9.43. The molecule has 0 unspecified atom stereocenters. The van der Waals surface area contributed by atoms with E-state index in [2.05, 4.69) is 0 Å². The van der Waals surface area contributed by atoms with Gasteiger partial charge in [-0.05, 0) is 30.9 Å². The van der Waals surface area contributed by atoms with Crippen LogP contribution in [0.25, 0.3) is 0 Å². The summed E-state index contributed by atoms with van der Waals surface area (Å²) >= 11 is 0. The van der Waals surface area contributed by atoms with Crippen LogP contribution < -0.4 is 0 Å². The molecule has 0 atom stereocenters. The van der Waals surface area contributed by atoms with Gasteiger partial charge in [0.05, 0.1) is 0 Å². The van der Waals surface area contributed by atoms with Crippen molar-refractivity contribution in [2.24, 2.45) is 0 Å². The molecule has 0 N–H and O–H groups in total. The molecule has 16 heavy (non-hydrogen) atoms. The van der Waals surface area contributed by atoms with Crippen molar-refractivity contribution < 1.29 is 13.6 Å². The zero-order valence-electron chi connectivity index (χ0n) is 9.43. The highest BCUT2D eigenvalue weighted by Crippen LogP contribution is 2.14. The van der Waals surface area contributed by atoms with Crippen LogP contribution in [0.1, 0.15) is 38.2 Å². The average Bonchev–Trinajstić information content (AvgIpc) is 2.25. The Balaban J connectivity index is 2.43. The van der Waals surface area contributed by atoms with Gasteiger partial charge < -0.3 is 0 Å². The number of benzene rings is 1. The molecule has 1 aromatic carbocycles. The smallest absolute Gasteiger partial charge is 0.162 e. The first-order valence-corrected chi connectivity index (χ1v) is 5.59. The highest BCUT2D eigenvalue weighted by molar-refractivity contribution is 5.78. The fourth-order valence-corrected chi connectivity index (χ4v) is 1.62. The topological polar surface area (TPSA) is 17.1 Å². The van der Waals surface area contributed by atoms with Gasteiger partial charge in [0.2, 0.25) is 0 Å². The lowest BCUT2D eigenvalue weighted by molar-refractivity contribution is -0.119. The van der Waals surface area contributed by atoms with Crippen LogP contribution in [0.15, 0.2) is 18.2 Å². The zero-order chi connectivity index (χ0) is 12.0. The molecule has 1 rings (SSSR count). The third-order valence-electron chi connectivity index (χ3n) is 2.46. The Hall–Kier alpha value is -1.25. The molecule has 1 nitrogen and oxygen atoms in total. The van der Waals surface area contributed by atoms with Crippen molar-refractivity contribution >= 4 is 5.78 Å². The molecule has 88 valence electrons. The van der Waals surface area contributed by atoms with Crippen LogP contribution >= 0.6 is 0 Å². The molecule has 0 aliphatic heterocycles. The van der Waals surface area contributed by atoms with E-state index < -0.39 is 11.6 Å². The van der Waals surface area contributed by atoms with Crippen molar-refractivity contribution in [3.05, 3.63) is 35.4 Å². The Morgan fingerprint density at radius 1 is 1.25 bits per heavy atom. The second-order valence-corrected chi connectivity index (χ2v) is 3.86. The van der Waals surface area contributed by atoms with E-state index in [1.807, 2.05) is 6.92 Å². The molecule has 0 saturated carbocycles. The van der Waals surface area contributed by atoms with Crippen LogP contribution in [-0.4, -0.2) is 5.78 Å². The van der Waals surface area contributed by atoms with Crippen molar-refractivity contribution in [2.75, 3.05) is 0 Å². The van der Waals surface area contributed by atoms with Crippen LogP contribution in [0, 0.1) is 11.6 Å². The predicted molar refractivity (Wildman–Crippen MR) is 59.2 cm³/mol. The van der Waals surface area contributed by atoms with Gasteiger partial charge in [-0.2, -0.15) is 0 Å². The van der Waals surface area contributed by atoms with Crippen molar-refractivity contribution in [3.63, 3.8) is 0 Å². The number of halogens is 2. The number of hydrogen-bond acceptors (Lipinski definition) is 1. The van der Waals surface area contributed by atoms with E-state index in [9.17, 15) is 13.6 Å². The minimum Gasteiger partial charge on any atom is -0.300 e. The highest BCUT2D eigenvalue weighted by Gasteiger charge is 2.08. The molecule has 0 amide bonds. The van der Waals surface area contributed by atoms with E-state index in [4.69, 9.17) is 0 Å². The molecule has 0 fully saturated rings. The highest BCUT2D eigenvalue weighted by atomic mass is 19.2. The summed E-state index contributed by atoms with van der Waals surface area (Å²) in [6, 6.07) is 4.14. The van der Waals surface area contributed by atoms with Crippen molar-refractivity contribution in [1.82, 2.24) is 0 Å². The number of ketones is 1. The number of Topliss-reactive ketones (excluding diaryl/α,β-unsaturated/α-hetero) is 1. The third-order valence-corrected chi connectivity index (χ3v) is 2.46. The van der Waals surface area contributed by atoms with Gasteiger partial charge in [0.15, 0.2) is 11.6 Å². The Morgan fingerprint density at radius 2 is 2.00 bits per heavy atom. The van der Waals surface area contributed by atoms with E-state index in [0.29, 0.717) is 31.2 Å². The van der Waals surface area contributed by atoms with E-state index in [1.54, 1.807) is 6.07 Å². The maximum absolute atomic E-state index is 13.2. The lowest BCUT2D eigenvalue weighted by Crippen LogP contribution is -2.00. The normalized spacial score (nSPS) is 10.4. The quantitative estimate of drug-likeness (QED) is 0.723. The van der Waals surface area contributed by atoms with Crippen LogP contribution in [0.3, 0.4) is 0 Å². The second kappa shape index (κ2) is 6.36. The molecule has 1 aromatic rings. The maximum Gasteiger partial charge on any atom is 0.162 e. The van der Waals surface area contributed by atoms with E-state index in [1.165, 1.54) is 6.07 Å². The number of carbonyl (C=O) groups is 1. The average molecular weight is 226 g/mol. The van der Waals surface area contributed by atoms with Crippen molar-refractivity contribution in [2.45, 2.75) is 39.0 Å². The lowest BCUT2D eigenvalue weighted by atomic mass is 10.0. The molecule has 0 aliphatic carbocycles.